The number of hydrogen-bond donors (Lipinski definition) is 2. The number of amides is 2. The van der Waals surface area contributed by atoms with Gasteiger partial charge in [-0.15, -0.1) is 0 Å². The van der Waals surface area contributed by atoms with E-state index in [0.29, 0.717) is 26.0 Å². The van der Waals surface area contributed by atoms with Crippen LogP contribution in [-0.4, -0.2) is 53.8 Å². The van der Waals surface area contributed by atoms with Gasteiger partial charge in [-0.3, -0.25) is 4.79 Å². The van der Waals surface area contributed by atoms with Gasteiger partial charge >= 0.3 is 12.0 Å². The fraction of sp³-hybridized carbons (Fsp3) is 0.750. The average molecular weight is 269 g/mol. The number of nitriles is 1. The van der Waals surface area contributed by atoms with Gasteiger partial charge in [0, 0.05) is 19.0 Å². The van der Waals surface area contributed by atoms with Crippen molar-refractivity contribution < 1.29 is 19.4 Å². The standard InChI is InChI=1S/C12H19N3O4/c1-9(3-2-4-11(16)17)14-12(18)15-5-6-19-10(7-13)8-15/h9-10H,2-6,8H2,1H3,(H,14,18)(H,16,17). The fourth-order valence-electron chi connectivity index (χ4n) is 1.85. The van der Waals surface area contributed by atoms with Gasteiger partial charge in [0.1, 0.15) is 0 Å². The van der Waals surface area contributed by atoms with Gasteiger partial charge in [0.25, 0.3) is 0 Å². The molecule has 1 heterocycles. The molecular formula is C12H19N3O4. The zero-order chi connectivity index (χ0) is 14.3. The third kappa shape index (κ3) is 5.57. The molecule has 1 saturated heterocycles. The summed E-state index contributed by atoms with van der Waals surface area (Å²) in [6, 6.07) is 1.66. The van der Waals surface area contributed by atoms with E-state index < -0.39 is 12.1 Å². The molecule has 2 unspecified atom stereocenters. The molecule has 0 aliphatic carbocycles. The lowest BCUT2D eigenvalue weighted by atomic mass is 10.1. The van der Waals surface area contributed by atoms with Crippen LogP contribution in [0.15, 0.2) is 0 Å². The van der Waals surface area contributed by atoms with Crippen LogP contribution in [0.25, 0.3) is 0 Å². The van der Waals surface area contributed by atoms with E-state index >= 15 is 0 Å². The maximum absolute atomic E-state index is 11.9. The van der Waals surface area contributed by atoms with Gasteiger partial charge in [-0.2, -0.15) is 5.26 Å². The highest BCUT2D eigenvalue weighted by molar-refractivity contribution is 5.74. The van der Waals surface area contributed by atoms with Crippen LogP contribution in [0.2, 0.25) is 0 Å². The second-order valence-corrected chi connectivity index (χ2v) is 4.57. The number of carbonyl (C=O) groups is 2. The van der Waals surface area contributed by atoms with Crippen LogP contribution in [0, 0.1) is 11.3 Å². The normalized spacial score (nSPS) is 20.4. The van der Waals surface area contributed by atoms with E-state index in [-0.39, 0.29) is 25.0 Å². The SMILES string of the molecule is CC(CCCC(=O)O)NC(=O)N1CCOC(C#N)C1. The second-order valence-electron chi connectivity index (χ2n) is 4.57. The summed E-state index contributed by atoms with van der Waals surface area (Å²) >= 11 is 0. The minimum Gasteiger partial charge on any atom is -0.481 e. The Hall–Kier alpha value is -1.81. The molecule has 0 spiro atoms. The summed E-state index contributed by atoms with van der Waals surface area (Å²) in [6.07, 6.45) is 0.681. The van der Waals surface area contributed by atoms with Crippen molar-refractivity contribution in [1.82, 2.24) is 10.2 Å². The van der Waals surface area contributed by atoms with Gasteiger partial charge in [-0.05, 0) is 19.8 Å². The van der Waals surface area contributed by atoms with Crippen molar-refractivity contribution in [1.29, 1.82) is 5.26 Å². The molecule has 2 atom stereocenters. The first kappa shape index (κ1) is 15.2. The molecule has 1 aliphatic heterocycles. The first-order valence-electron chi connectivity index (χ1n) is 6.31. The second kappa shape index (κ2) is 7.59. The van der Waals surface area contributed by atoms with Crippen molar-refractivity contribution in [2.75, 3.05) is 19.7 Å². The number of aliphatic carboxylic acids is 1. The van der Waals surface area contributed by atoms with Gasteiger partial charge in [0.2, 0.25) is 0 Å². The molecular weight excluding hydrogens is 250 g/mol. The Balaban J connectivity index is 2.29. The molecule has 1 fully saturated rings. The van der Waals surface area contributed by atoms with Gasteiger partial charge in [-0.1, -0.05) is 0 Å². The molecule has 1 aliphatic rings. The topological polar surface area (TPSA) is 103 Å². The van der Waals surface area contributed by atoms with E-state index in [1.54, 1.807) is 4.90 Å². The van der Waals surface area contributed by atoms with Crippen LogP contribution in [0.5, 0.6) is 0 Å². The molecule has 7 heteroatoms. The molecule has 106 valence electrons. The first-order chi connectivity index (χ1) is 9.02. The minimum atomic E-state index is -0.830. The van der Waals surface area contributed by atoms with Gasteiger partial charge in [0.05, 0.1) is 19.2 Å². The number of nitrogens with zero attached hydrogens (tertiary/aromatic N) is 2. The first-order valence-corrected chi connectivity index (χ1v) is 6.31. The number of urea groups is 1. The molecule has 0 radical (unpaired) electrons. The van der Waals surface area contributed by atoms with Crippen LogP contribution in [0.3, 0.4) is 0 Å². The fourth-order valence-corrected chi connectivity index (χ4v) is 1.85. The molecule has 0 aromatic heterocycles. The van der Waals surface area contributed by atoms with Crippen molar-refractivity contribution >= 4 is 12.0 Å². The number of hydrogen-bond acceptors (Lipinski definition) is 4. The summed E-state index contributed by atoms with van der Waals surface area (Å²) in [5.74, 6) is -0.830. The van der Waals surface area contributed by atoms with E-state index in [1.165, 1.54) is 0 Å². The Kier molecular flexibility index (Phi) is 6.09. The van der Waals surface area contributed by atoms with Crippen LogP contribution in [0.1, 0.15) is 26.2 Å². The summed E-state index contributed by atoms with van der Waals surface area (Å²) in [6.45, 7) is 2.93. The lowest BCUT2D eigenvalue weighted by Gasteiger charge is -2.30. The molecule has 1 rings (SSSR count). The van der Waals surface area contributed by atoms with E-state index in [4.69, 9.17) is 15.1 Å². The van der Waals surface area contributed by atoms with Gasteiger partial charge in [-0.25, -0.2) is 4.79 Å². The van der Waals surface area contributed by atoms with Crippen molar-refractivity contribution in [3.05, 3.63) is 0 Å². The van der Waals surface area contributed by atoms with Crippen molar-refractivity contribution in [3.63, 3.8) is 0 Å². The van der Waals surface area contributed by atoms with E-state index in [0.717, 1.165) is 0 Å². The summed E-state index contributed by atoms with van der Waals surface area (Å²) < 4.78 is 5.16. The third-order valence-corrected chi connectivity index (χ3v) is 2.90. The lowest BCUT2D eigenvalue weighted by Crippen LogP contribution is -2.51. The molecule has 0 saturated carbocycles. The monoisotopic (exact) mass is 269 g/mol. The Labute approximate surface area is 112 Å². The molecule has 0 aromatic carbocycles. The van der Waals surface area contributed by atoms with E-state index in [2.05, 4.69) is 5.32 Å². The number of nitrogens with one attached hydrogen (secondary N) is 1. The number of carboxylic acid groups (broad SMARTS) is 1. The number of carbonyl (C=O) groups excluding carboxylic acids is 1. The average Bonchev–Trinajstić information content (AvgIpc) is 2.38. The number of morpholine rings is 1. The Bertz CT molecular complexity index is 366. The summed E-state index contributed by atoms with van der Waals surface area (Å²) in [5.41, 5.74) is 0. The van der Waals surface area contributed by atoms with Crippen LogP contribution >= 0.6 is 0 Å². The van der Waals surface area contributed by atoms with Crippen molar-refractivity contribution in [2.45, 2.75) is 38.3 Å². The Morgan fingerprint density at radius 2 is 2.37 bits per heavy atom. The van der Waals surface area contributed by atoms with E-state index in [1.807, 2.05) is 13.0 Å². The minimum absolute atomic E-state index is 0.0877. The quantitative estimate of drug-likeness (QED) is 0.759. The van der Waals surface area contributed by atoms with Gasteiger partial charge in [0.15, 0.2) is 6.10 Å². The maximum Gasteiger partial charge on any atom is 0.317 e. The predicted molar refractivity (Wildman–Crippen MR) is 66.4 cm³/mol. The zero-order valence-corrected chi connectivity index (χ0v) is 11.0. The van der Waals surface area contributed by atoms with Crippen molar-refractivity contribution in [2.24, 2.45) is 0 Å². The summed E-state index contributed by atoms with van der Waals surface area (Å²) in [5, 5.41) is 20.1. The van der Waals surface area contributed by atoms with Gasteiger partial charge < -0.3 is 20.1 Å². The smallest absolute Gasteiger partial charge is 0.317 e. The third-order valence-electron chi connectivity index (χ3n) is 2.90. The Morgan fingerprint density at radius 1 is 1.63 bits per heavy atom. The number of ether oxygens (including phenoxy) is 1. The highest BCUT2D eigenvalue weighted by atomic mass is 16.5. The van der Waals surface area contributed by atoms with Crippen LogP contribution < -0.4 is 5.32 Å². The predicted octanol–water partition coefficient (Wildman–Crippen LogP) is 0.564. The Morgan fingerprint density at radius 3 is 3.00 bits per heavy atom. The highest BCUT2D eigenvalue weighted by Gasteiger charge is 2.24. The van der Waals surface area contributed by atoms with Crippen LogP contribution in [0.4, 0.5) is 4.79 Å². The number of rotatable bonds is 5. The summed E-state index contributed by atoms with van der Waals surface area (Å²) in [4.78, 5) is 23.8. The summed E-state index contributed by atoms with van der Waals surface area (Å²) in [7, 11) is 0. The molecule has 19 heavy (non-hydrogen) atoms. The largest absolute Gasteiger partial charge is 0.481 e. The highest BCUT2D eigenvalue weighted by Crippen LogP contribution is 2.06. The maximum atomic E-state index is 11.9. The number of carboxylic acids is 1. The zero-order valence-electron chi connectivity index (χ0n) is 11.0. The van der Waals surface area contributed by atoms with Crippen LogP contribution in [-0.2, 0) is 9.53 Å². The molecule has 2 amide bonds. The molecule has 0 aromatic rings. The van der Waals surface area contributed by atoms with Crippen molar-refractivity contribution in [3.8, 4) is 6.07 Å². The molecule has 2 N–H and O–H groups in total. The molecule has 7 nitrogen and oxygen atoms in total. The molecule has 0 bridgehead atoms. The lowest BCUT2D eigenvalue weighted by molar-refractivity contribution is -0.137. The van der Waals surface area contributed by atoms with E-state index in [9.17, 15) is 9.59 Å².